The number of rotatable bonds is 8. The summed E-state index contributed by atoms with van der Waals surface area (Å²) in [5, 5.41) is 0. The number of hydrogen-bond acceptors (Lipinski definition) is 5. The van der Waals surface area contributed by atoms with Crippen molar-refractivity contribution in [3.63, 3.8) is 0 Å². The van der Waals surface area contributed by atoms with E-state index < -0.39 is 29.8 Å². The number of methoxy groups -OCH3 is 1. The Bertz CT molecular complexity index is 822. The molecule has 0 N–H and O–H groups in total. The van der Waals surface area contributed by atoms with Crippen LogP contribution in [0.4, 0.5) is 13.2 Å². The Kier molecular flexibility index (Phi) is 7.49. The van der Waals surface area contributed by atoms with Crippen molar-refractivity contribution in [2.45, 2.75) is 32.5 Å². The molecule has 0 amide bonds. The van der Waals surface area contributed by atoms with Gasteiger partial charge in [0.05, 0.1) is 33.5 Å². The zero-order valence-electron chi connectivity index (χ0n) is 16.3. The lowest BCUT2D eigenvalue weighted by atomic mass is 9.98. The van der Waals surface area contributed by atoms with E-state index in [4.69, 9.17) is 23.7 Å². The Morgan fingerprint density at radius 3 is 2.41 bits per heavy atom. The van der Waals surface area contributed by atoms with Crippen LogP contribution in [0.15, 0.2) is 30.3 Å². The highest BCUT2D eigenvalue weighted by Gasteiger charge is 2.28. The van der Waals surface area contributed by atoms with Gasteiger partial charge in [0.15, 0.2) is 23.2 Å². The summed E-state index contributed by atoms with van der Waals surface area (Å²) in [6.07, 6.45) is 0. The maximum Gasteiger partial charge on any atom is 0.271 e. The molecule has 0 unspecified atom stereocenters. The quantitative estimate of drug-likeness (QED) is 0.648. The molecular formula is C21H23F3O5. The molecule has 1 heterocycles. The first kappa shape index (κ1) is 21.6. The van der Waals surface area contributed by atoms with Gasteiger partial charge in [-0.25, -0.2) is 13.2 Å². The average molecular weight is 412 g/mol. The first-order valence-electron chi connectivity index (χ1n) is 9.25. The SMILES string of the molecule is CCOCc1ccc(C2COC(OCc3ccc(OC)c(F)c3)OC2)c(F)c1F. The highest BCUT2D eigenvalue weighted by Crippen LogP contribution is 2.28. The molecule has 1 aliphatic rings. The van der Waals surface area contributed by atoms with Crippen molar-refractivity contribution in [3.8, 4) is 5.75 Å². The average Bonchev–Trinajstić information content (AvgIpc) is 2.74. The van der Waals surface area contributed by atoms with E-state index in [1.54, 1.807) is 13.0 Å². The van der Waals surface area contributed by atoms with E-state index in [1.165, 1.54) is 31.4 Å². The zero-order valence-corrected chi connectivity index (χ0v) is 16.3. The van der Waals surface area contributed by atoms with Crippen molar-refractivity contribution in [2.75, 3.05) is 26.9 Å². The molecular weight excluding hydrogens is 389 g/mol. The normalized spacial score (nSPS) is 19.3. The van der Waals surface area contributed by atoms with Gasteiger partial charge in [-0.1, -0.05) is 18.2 Å². The number of halogens is 3. The molecule has 0 bridgehead atoms. The van der Waals surface area contributed by atoms with Gasteiger partial charge in [0.1, 0.15) is 0 Å². The first-order chi connectivity index (χ1) is 14.0. The van der Waals surface area contributed by atoms with Gasteiger partial charge in [-0.3, -0.25) is 0 Å². The van der Waals surface area contributed by atoms with Crippen molar-refractivity contribution in [1.82, 2.24) is 0 Å². The van der Waals surface area contributed by atoms with Crippen LogP contribution < -0.4 is 4.74 Å². The van der Waals surface area contributed by atoms with Gasteiger partial charge < -0.3 is 23.7 Å². The van der Waals surface area contributed by atoms with E-state index in [9.17, 15) is 13.2 Å². The second-order valence-corrected chi connectivity index (χ2v) is 6.51. The third kappa shape index (κ3) is 5.27. The van der Waals surface area contributed by atoms with Gasteiger partial charge in [-0.15, -0.1) is 0 Å². The first-order valence-corrected chi connectivity index (χ1v) is 9.25. The fourth-order valence-electron chi connectivity index (χ4n) is 2.97. The molecule has 1 saturated heterocycles. The molecule has 0 aliphatic carbocycles. The van der Waals surface area contributed by atoms with Crippen LogP contribution in [0.5, 0.6) is 5.75 Å². The fraction of sp³-hybridized carbons (Fsp3) is 0.429. The zero-order chi connectivity index (χ0) is 20.8. The van der Waals surface area contributed by atoms with Crippen molar-refractivity contribution in [3.05, 3.63) is 64.5 Å². The molecule has 29 heavy (non-hydrogen) atoms. The van der Waals surface area contributed by atoms with Crippen molar-refractivity contribution >= 4 is 0 Å². The predicted octanol–water partition coefficient (Wildman–Crippen LogP) is 4.28. The Labute approximate surface area is 167 Å². The molecule has 8 heteroatoms. The van der Waals surface area contributed by atoms with Crippen LogP contribution in [0.1, 0.15) is 29.5 Å². The molecule has 0 spiro atoms. The molecule has 2 aromatic carbocycles. The molecule has 1 fully saturated rings. The lowest BCUT2D eigenvalue weighted by Crippen LogP contribution is -2.33. The molecule has 2 aromatic rings. The lowest BCUT2D eigenvalue weighted by Gasteiger charge is -2.29. The second-order valence-electron chi connectivity index (χ2n) is 6.51. The highest BCUT2D eigenvalue weighted by molar-refractivity contribution is 5.30. The van der Waals surface area contributed by atoms with E-state index in [2.05, 4.69) is 0 Å². The van der Waals surface area contributed by atoms with E-state index in [0.29, 0.717) is 12.2 Å². The van der Waals surface area contributed by atoms with Crippen molar-refractivity contribution in [2.24, 2.45) is 0 Å². The Morgan fingerprint density at radius 1 is 1.00 bits per heavy atom. The summed E-state index contributed by atoms with van der Waals surface area (Å²) >= 11 is 0. The Morgan fingerprint density at radius 2 is 1.76 bits per heavy atom. The number of benzene rings is 2. The second kappa shape index (κ2) is 10.1. The minimum atomic E-state index is -0.971. The summed E-state index contributed by atoms with van der Waals surface area (Å²) in [7, 11) is 1.38. The molecule has 0 radical (unpaired) electrons. The largest absolute Gasteiger partial charge is 0.494 e. The minimum Gasteiger partial charge on any atom is -0.494 e. The van der Waals surface area contributed by atoms with Crippen LogP contribution >= 0.6 is 0 Å². The number of ether oxygens (including phenoxy) is 5. The number of hydrogen-bond donors (Lipinski definition) is 0. The molecule has 5 nitrogen and oxygen atoms in total. The van der Waals surface area contributed by atoms with Gasteiger partial charge in [-0.05, 0) is 30.2 Å². The summed E-state index contributed by atoms with van der Waals surface area (Å²) in [6, 6.07) is 7.48. The van der Waals surface area contributed by atoms with Gasteiger partial charge in [0.2, 0.25) is 0 Å². The van der Waals surface area contributed by atoms with Crippen LogP contribution in [0.25, 0.3) is 0 Å². The smallest absolute Gasteiger partial charge is 0.271 e. The minimum absolute atomic E-state index is 0.0130. The van der Waals surface area contributed by atoms with Crippen LogP contribution in [0.2, 0.25) is 0 Å². The van der Waals surface area contributed by atoms with Crippen LogP contribution in [-0.2, 0) is 32.2 Å². The molecule has 0 saturated carbocycles. The molecule has 0 atom stereocenters. The van der Waals surface area contributed by atoms with Crippen LogP contribution in [-0.4, -0.2) is 33.4 Å². The summed E-state index contributed by atoms with van der Waals surface area (Å²) in [5.41, 5.74) is 0.924. The van der Waals surface area contributed by atoms with Gasteiger partial charge in [-0.2, -0.15) is 0 Å². The Hall–Kier alpha value is -2.13. The molecule has 158 valence electrons. The van der Waals surface area contributed by atoms with Gasteiger partial charge >= 0.3 is 0 Å². The highest BCUT2D eigenvalue weighted by atomic mass is 19.2. The summed E-state index contributed by atoms with van der Waals surface area (Å²) in [4.78, 5) is 0. The monoisotopic (exact) mass is 412 g/mol. The van der Waals surface area contributed by atoms with Crippen molar-refractivity contribution in [1.29, 1.82) is 0 Å². The summed E-state index contributed by atoms with van der Waals surface area (Å²) in [5.74, 6) is -2.67. The van der Waals surface area contributed by atoms with Crippen molar-refractivity contribution < 1.29 is 36.9 Å². The summed E-state index contributed by atoms with van der Waals surface area (Å²) < 4.78 is 68.7. The topological polar surface area (TPSA) is 46.2 Å². The third-order valence-electron chi connectivity index (χ3n) is 4.56. The predicted molar refractivity (Wildman–Crippen MR) is 97.9 cm³/mol. The van der Waals surface area contributed by atoms with E-state index in [-0.39, 0.29) is 43.3 Å². The maximum absolute atomic E-state index is 14.4. The Balaban J connectivity index is 1.54. The van der Waals surface area contributed by atoms with Crippen LogP contribution in [0, 0.1) is 17.5 Å². The van der Waals surface area contributed by atoms with E-state index >= 15 is 0 Å². The third-order valence-corrected chi connectivity index (χ3v) is 4.56. The van der Waals surface area contributed by atoms with Crippen LogP contribution in [0.3, 0.4) is 0 Å². The van der Waals surface area contributed by atoms with E-state index in [0.717, 1.165) is 0 Å². The van der Waals surface area contributed by atoms with Gasteiger partial charge in [0.25, 0.3) is 6.48 Å². The lowest BCUT2D eigenvalue weighted by molar-refractivity contribution is -0.319. The maximum atomic E-state index is 14.4. The molecule has 3 rings (SSSR count). The standard InChI is InChI=1S/C21H23F3O5/c1-3-26-10-14-5-6-16(20(24)19(14)23)15-11-28-21(29-12-15)27-9-13-4-7-18(25-2)17(22)8-13/h4-8,15,21H,3,9-12H2,1-2H3. The van der Waals surface area contributed by atoms with Gasteiger partial charge in [0, 0.05) is 18.1 Å². The summed E-state index contributed by atoms with van der Waals surface area (Å²) in [6.45, 7) is 1.50. The molecule has 0 aromatic heterocycles. The fourth-order valence-corrected chi connectivity index (χ4v) is 2.97. The van der Waals surface area contributed by atoms with E-state index in [1.807, 2.05) is 0 Å². The molecule has 1 aliphatic heterocycles.